The minimum absolute atomic E-state index is 0.0775. The Bertz CT molecular complexity index is 874. The monoisotopic (exact) mass is 434 g/mol. The van der Waals surface area contributed by atoms with Gasteiger partial charge in [-0.25, -0.2) is 0 Å². The molecule has 0 radical (unpaired) electrons. The molecule has 2 aromatic carbocycles. The fourth-order valence-corrected chi connectivity index (χ4v) is 3.20. The first-order valence-electron chi connectivity index (χ1n) is 7.67. The van der Waals surface area contributed by atoms with E-state index in [0.717, 1.165) is 0 Å². The topological polar surface area (TPSA) is 71.3 Å². The van der Waals surface area contributed by atoms with Crippen LogP contribution in [0.25, 0.3) is 6.08 Å². The molecular formula is C19H16BrClN2O3. The van der Waals surface area contributed by atoms with Crippen molar-refractivity contribution >= 4 is 45.2 Å². The second-order valence-corrected chi connectivity index (χ2v) is 6.38. The van der Waals surface area contributed by atoms with Gasteiger partial charge in [0.1, 0.15) is 23.1 Å². The maximum atomic E-state index is 12.4. The highest BCUT2D eigenvalue weighted by Crippen LogP contribution is 2.34. The molecule has 26 heavy (non-hydrogen) atoms. The first kappa shape index (κ1) is 19.8. The Morgan fingerprint density at radius 3 is 2.62 bits per heavy atom. The van der Waals surface area contributed by atoms with Gasteiger partial charge in [-0.2, -0.15) is 5.26 Å². The van der Waals surface area contributed by atoms with E-state index in [4.69, 9.17) is 21.1 Å². The smallest absolute Gasteiger partial charge is 0.266 e. The first-order chi connectivity index (χ1) is 12.5. The van der Waals surface area contributed by atoms with Crippen molar-refractivity contribution in [3.05, 3.63) is 57.0 Å². The summed E-state index contributed by atoms with van der Waals surface area (Å²) in [6, 6.07) is 12.1. The molecule has 2 aromatic rings. The average Bonchev–Trinajstić information content (AvgIpc) is 2.61. The fraction of sp³-hybridized carbons (Fsp3) is 0.158. The molecule has 0 saturated carbocycles. The van der Waals surface area contributed by atoms with Crippen molar-refractivity contribution in [3.63, 3.8) is 0 Å². The highest BCUT2D eigenvalue weighted by molar-refractivity contribution is 9.10. The Balaban J connectivity index is 2.26. The van der Waals surface area contributed by atoms with Gasteiger partial charge in [-0.15, -0.1) is 0 Å². The molecule has 0 aliphatic rings. The molecule has 0 saturated heterocycles. The van der Waals surface area contributed by atoms with Gasteiger partial charge in [0.05, 0.1) is 18.2 Å². The van der Waals surface area contributed by atoms with E-state index in [1.54, 1.807) is 36.4 Å². The van der Waals surface area contributed by atoms with E-state index in [1.165, 1.54) is 13.2 Å². The van der Waals surface area contributed by atoms with E-state index < -0.39 is 5.91 Å². The number of halogens is 2. The van der Waals surface area contributed by atoms with Crippen LogP contribution in [0.3, 0.4) is 0 Å². The first-order valence-corrected chi connectivity index (χ1v) is 8.84. The van der Waals surface area contributed by atoms with Crippen LogP contribution in [0.1, 0.15) is 12.5 Å². The molecule has 0 spiro atoms. The summed E-state index contributed by atoms with van der Waals surface area (Å²) in [4.78, 5) is 12.4. The standard InChI is InChI=1S/C19H16BrClN2O3/c1-3-26-16-6-4-15(5-7-16)23-19(24)13(11-22)8-12-9-14(21)10-17(20)18(12)25-2/h4-10H,3H2,1-2H3,(H,23,24)/b13-8+. The van der Waals surface area contributed by atoms with Gasteiger partial charge in [-0.1, -0.05) is 11.6 Å². The number of amides is 1. The second-order valence-electron chi connectivity index (χ2n) is 5.09. The van der Waals surface area contributed by atoms with E-state index >= 15 is 0 Å². The van der Waals surface area contributed by atoms with Gasteiger partial charge < -0.3 is 14.8 Å². The van der Waals surface area contributed by atoms with Crippen LogP contribution in [0, 0.1) is 11.3 Å². The van der Waals surface area contributed by atoms with Gasteiger partial charge in [0.25, 0.3) is 5.91 Å². The molecule has 0 heterocycles. The number of carbonyl (C=O) groups is 1. The van der Waals surface area contributed by atoms with Crippen molar-refractivity contribution in [2.75, 3.05) is 19.0 Å². The molecule has 5 nitrogen and oxygen atoms in total. The highest BCUT2D eigenvalue weighted by atomic mass is 79.9. The molecule has 2 rings (SSSR count). The van der Waals surface area contributed by atoms with E-state index in [1.807, 2.05) is 13.0 Å². The molecule has 0 unspecified atom stereocenters. The largest absolute Gasteiger partial charge is 0.495 e. The summed E-state index contributed by atoms with van der Waals surface area (Å²) >= 11 is 9.39. The molecule has 1 amide bonds. The summed E-state index contributed by atoms with van der Waals surface area (Å²) < 4.78 is 11.3. The second kappa shape index (κ2) is 9.27. The number of ether oxygens (including phenoxy) is 2. The SMILES string of the molecule is CCOc1ccc(NC(=O)/C(C#N)=C/c2cc(Cl)cc(Br)c2OC)cc1. The van der Waals surface area contributed by atoms with E-state index in [0.29, 0.717) is 38.9 Å². The number of nitriles is 1. The lowest BCUT2D eigenvalue weighted by Crippen LogP contribution is -2.13. The summed E-state index contributed by atoms with van der Waals surface area (Å²) in [6.45, 7) is 2.45. The van der Waals surface area contributed by atoms with Crippen LogP contribution in [0.15, 0.2) is 46.4 Å². The number of methoxy groups -OCH3 is 1. The Morgan fingerprint density at radius 2 is 2.04 bits per heavy atom. The molecule has 134 valence electrons. The normalized spacial score (nSPS) is 10.8. The Hall–Kier alpha value is -2.49. The summed E-state index contributed by atoms with van der Waals surface area (Å²) in [6.07, 6.45) is 1.43. The van der Waals surface area contributed by atoms with Crippen molar-refractivity contribution in [2.45, 2.75) is 6.92 Å². The van der Waals surface area contributed by atoms with Crippen LogP contribution in [-0.2, 0) is 4.79 Å². The lowest BCUT2D eigenvalue weighted by molar-refractivity contribution is -0.112. The zero-order chi connectivity index (χ0) is 19.1. The van der Waals surface area contributed by atoms with Gasteiger partial charge in [0.15, 0.2) is 0 Å². The van der Waals surface area contributed by atoms with Crippen LogP contribution in [-0.4, -0.2) is 19.6 Å². The molecule has 0 atom stereocenters. The Labute approximate surface area is 165 Å². The molecule has 1 N–H and O–H groups in total. The van der Waals surface area contributed by atoms with Crippen molar-refractivity contribution in [2.24, 2.45) is 0 Å². The maximum Gasteiger partial charge on any atom is 0.266 e. The van der Waals surface area contributed by atoms with Crippen molar-refractivity contribution < 1.29 is 14.3 Å². The number of hydrogen-bond acceptors (Lipinski definition) is 4. The lowest BCUT2D eigenvalue weighted by atomic mass is 10.1. The third-order valence-electron chi connectivity index (χ3n) is 3.33. The van der Waals surface area contributed by atoms with Crippen LogP contribution >= 0.6 is 27.5 Å². The van der Waals surface area contributed by atoms with E-state index in [-0.39, 0.29) is 5.57 Å². The number of benzene rings is 2. The zero-order valence-electron chi connectivity index (χ0n) is 14.2. The van der Waals surface area contributed by atoms with Gasteiger partial charge in [0.2, 0.25) is 0 Å². The van der Waals surface area contributed by atoms with Crippen LogP contribution in [0.2, 0.25) is 5.02 Å². The molecule has 0 fully saturated rings. The number of carbonyl (C=O) groups excluding carboxylic acids is 1. The molecule has 0 aliphatic heterocycles. The summed E-state index contributed by atoms with van der Waals surface area (Å²) in [7, 11) is 1.50. The summed E-state index contributed by atoms with van der Waals surface area (Å²) in [5, 5.41) is 12.5. The van der Waals surface area contributed by atoms with Crippen LogP contribution in [0.5, 0.6) is 11.5 Å². The zero-order valence-corrected chi connectivity index (χ0v) is 16.5. The van der Waals surface area contributed by atoms with Crippen LogP contribution < -0.4 is 14.8 Å². The third kappa shape index (κ3) is 5.01. The lowest BCUT2D eigenvalue weighted by Gasteiger charge is -2.09. The molecular weight excluding hydrogens is 420 g/mol. The fourth-order valence-electron chi connectivity index (χ4n) is 2.21. The number of nitrogens with one attached hydrogen (secondary N) is 1. The predicted molar refractivity (Wildman–Crippen MR) is 106 cm³/mol. The Kier molecular flexibility index (Phi) is 7.07. The van der Waals surface area contributed by atoms with Gasteiger partial charge >= 0.3 is 0 Å². The van der Waals surface area contributed by atoms with Gasteiger partial charge in [0, 0.05) is 16.3 Å². The molecule has 0 bridgehead atoms. The summed E-state index contributed by atoms with van der Waals surface area (Å²) in [5.74, 6) is 0.654. The third-order valence-corrected chi connectivity index (χ3v) is 4.14. The molecule has 0 aliphatic carbocycles. The van der Waals surface area contributed by atoms with Gasteiger partial charge in [-0.05, 0) is 65.3 Å². The van der Waals surface area contributed by atoms with Crippen molar-refractivity contribution in [3.8, 4) is 17.6 Å². The highest BCUT2D eigenvalue weighted by Gasteiger charge is 2.13. The summed E-state index contributed by atoms with van der Waals surface area (Å²) in [5.41, 5.74) is 0.996. The van der Waals surface area contributed by atoms with E-state index in [2.05, 4.69) is 21.2 Å². The van der Waals surface area contributed by atoms with E-state index in [9.17, 15) is 10.1 Å². The van der Waals surface area contributed by atoms with Crippen molar-refractivity contribution in [1.29, 1.82) is 5.26 Å². The minimum Gasteiger partial charge on any atom is -0.495 e. The predicted octanol–water partition coefficient (Wildman–Crippen LogP) is 5.06. The number of rotatable bonds is 6. The van der Waals surface area contributed by atoms with Crippen LogP contribution in [0.4, 0.5) is 5.69 Å². The van der Waals surface area contributed by atoms with Gasteiger partial charge in [-0.3, -0.25) is 4.79 Å². The number of anilines is 1. The molecule has 7 heteroatoms. The average molecular weight is 436 g/mol. The minimum atomic E-state index is -0.533. The Morgan fingerprint density at radius 1 is 1.35 bits per heavy atom. The maximum absolute atomic E-state index is 12.4. The van der Waals surface area contributed by atoms with Crippen molar-refractivity contribution in [1.82, 2.24) is 0 Å². The number of hydrogen-bond donors (Lipinski definition) is 1. The molecule has 0 aromatic heterocycles. The quantitative estimate of drug-likeness (QED) is 0.509. The number of nitrogens with zero attached hydrogens (tertiary/aromatic N) is 1.